The first-order chi connectivity index (χ1) is 14.4. The van der Waals surface area contributed by atoms with Crippen molar-refractivity contribution in [2.45, 2.75) is 40.1 Å². The van der Waals surface area contributed by atoms with Gasteiger partial charge in [-0.3, -0.25) is 9.59 Å². The van der Waals surface area contributed by atoms with E-state index in [0.29, 0.717) is 17.2 Å². The number of amides is 2. The third-order valence-electron chi connectivity index (χ3n) is 3.81. The van der Waals surface area contributed by atoms with Crippen molar-refractivity contribution in [3.8, 4) is 11.5 Å². The molecule has 0 radical (unpaired) electrons. The Morgan fingerprint density at radius 2 is 1.71 bits per heavy atom. The van der Waals surface area contributed by atoms with Gasteiger partial charge in [-0.15, -0.1) is 24.5 Å². The molecule has 0 aliphatic rings. The van der Waals surface area contributed by atoms with Crippen LogP contribution in [0.4, 0.5) is 13.2 Å². The van der Waals surface area contributed by atoms with Gasteiger partial charge in [0.05, 0.1) is 6.54 Å². The average molecular weight is 459 g/mol. The molecule has 31 heavy (non-hydrogen) atoms. The molecule has 2 amide bonds. The SMILES string of the molecule is CC(C)(C)CCNC(=O)c1csc(CNC(=O)COc2ccc(OC(F)(F)F)cc2)n1. The van der Waals surface area contributed by atoms with Crippen molar-refractivity contribution < 1.29 is 32.2 Å². The Labute approximate surface area is 182 Å². The minimum atomic E-state index is -4.77. The summed E-state index contributed by atoms with van der Waals surface area (Å²) in [7, 11) is 0. The number of ether oxygens (including phenoxy) is 2. The summed E-state index contributed by atoms with van der Waals surface area (Å²) in [5.74, 6) is -0.874. The molecule has 1 aromatic heterocycles. The molecule has 0 spiro atoms. The summed E-state index contributed by atoms with van der Waals surface area (Å²) in [4.78, 5) is 28.2. The lowest BCUT2D eigenvalue weighted by molar-refractivity contribution is -0.274. The zero-order valence-corrected chi connectivity index (χ0v) is 18.2. The fourth-order valence-electron chi connectivity index (χ4n) is 2.25. The Morgan fingerprint density at radius 1 is 1.06 bits per heavy atom. The number of alkyl halides is 3. The van der Waals surface area contributed by atoms with Crippen molar-refractivity contribution in [3.05, 3.63) is 40.3 Å². The Hall–Kier alpha value is -2.82. The molecule has 1 aromatic carbocycles. The molecule has 0 aliphatic carbocycles. The molecule has 170 valence electrons. The summed E-state index contributed by atoms with van der Waals surface area (Å²) < 4.78 is 45.4. The number of carbonyl (C=O) groups excluding carboxylic acids is 2. The Balaban J connectivity index is 1.72. The van der Waals surface area contributed by atoms with Crippen molar-refractivity contribution in [3.63, 3.8) is 0 Å². The van der Waals surface area contributed by atoms with Crippen molar-refractivity contribution in [1.82, 2.24) is 15.6 Å². The van der Waals surface area contributed by atoms with Crippen molar-refractivity contribution >= 4 is 23.2 Å². The highest BCUT2D eigenvalue weighted by Gasteiger charge is 2.31. The molecule has 1 heterocycles. The van der Waals surface area contributed by atoms with Gasteiger partial charge in [-0.1, -0.05) is 20.8 Å². The zero-order chi connectivity index (χ0) is 23.1. The average Bonchev–Trinajstić information content (AvgIpc) is 3.12. The number of rotatable bonds is 9. The second kappa shape index (κ2) is 10.5. The van der Waals surface area contributed by atoms with Crippen LogP contribution in [0.25, 0.3) is 0 Å². The first kappa shape index (κ1) is 24.4. The van der Waals surface area contributed by atoms with Crippen LogP contribution in [0.2, 0.25) is 0 Å². The number of benzene rings is 1. The lowest BCUT2D eigenvalue weighted by atomic mass is 9.92. The first-order valence-corrected chi connectivity index (χ1v) is 10.3. The highest BCUT2D eigenvalue weighted by molar-refractivity contribution is 7.09. The van der Waals surface area contributed by atoms with Gasteiger partial charge >= 0.3 is 6.36 Å². The van der Waals surface area contributed by atoms with E-state index in [0.717, 1.165) is 18.6 Å². The molecule has 0 fully saturated rings. The van der Waals surface area contributed by atoms with Crippen LogP contribution in [0.1, 0.15) is 42.7 Å². The van der Waals surface area contributed by atoms with Crippen molar-refractivity contribution in [2.24, 2.45) is 5.41 Å². The molecular formula is C20H24F3N3O4S. The summed E-state index contributed by atoms with van der Waals surface area (Å²) >= 11 is 1.25. The molecule has 11 heteroatoms. The van der Waals surface area contributed by atoms with Crippen LogP contribution in [0, 0.1) is 5.41 Å². The summed E-state index contributed by atoms with van der Waals surface area (Å²) in [5.41, 5.74) is 0.409. The van der Waals surface area contributed by atoms with E-state index in [9.17, 15) is 22.8 Å². The fraction of sp³-hybridized carbons (Fsp3) is 0.450. The topological polar surface area (TPSA) is 89.6 Å². The van der Waals surface area contributed by atoms with Gasteiger partial charge in [-0.2, -0.15) is 0 Å². The molecule has 2 aromatic rings. The predicted molar refractivity (Wildman–Crippen MR) is 109 cm³/mol. The van der Waals surface area contributed by atoms with E-state index >= 15 is 0 Å². The Morgan fingerprint density at radius 3 is 2.32 bits per heavy atom. The van der Waals surface area contributed by atoms with Crippen LogP contribution < -0.4 is 20.1 Å². The standard InChI is InChI=1S/C20H24F3N3O4S/c1-19(2,3)8-9-24-18(28)15-12-31-17(26-15)10-25-16(27)11-29-13-4-6-14(7-5-13)30-20(21,22)23/h4-7,12H,8-11H2,1-3H3,(H,24,28)(H,25,27). The number of hydrogen-bond acceptors (Lipinski definition) is 6. The van der Waals surface area contributed by atoms with Gasteiger partial charge in [0.1, 0.15) is 22.2 Å². The molecule has 0 atom stereocenters. The third kappa shape index (κ3) is 9.69. The fourth-order valence-corrected chi connectivity index (χ4v) is 2.96. The quantitative estimate of drug-likeness (QED) is 0.594. The van der Waals surface area contributed by atoms with Crippen LogP contribution in [-0.2, 0) is 11.3 Å². The number of nitrogens with zero attached hydrogens (tertiary/aromatic N) is 1. The lowest BCUT2D eigenvalue weighted by Gasteiger charge is -2.17. The molecule has 7 nitrogen and oxygen atoms in total. The minimum Gasteiger partial charge on any atom is -0.484 e. The predicted octanol–water partition coefficient (Wildman–Crippen LogP) is 3.90. The number of hydrogen-bond donors (Lipinski definition) is 2. The van der Waals surface area contributed by atoms with E-state index in [1.807, 2.05) is 0 Å². The van der Waals surface area contributed by atoms with E-state index < -0.39 is 12.3 Å². The third-order valence-corrected chi connectivity index (χ3v) is 4.66. The van der Waals surface area contributed by atoms with Crippen LogP contribution in [0.5, 0.6) is 11.5 Å². The highest BCUT2D eigenvalue weighted by Crippen LogP contribution is 2.24. The van der Waals surface area contributed by atoms with Gasteiger partial charge < -0.3 is 20.1 Å². The maximum atomic E-state index is 12.1. The van der Waals surface area contributed by atoms with Gasteiger partial charge in [0.15, 0.2) is 6.61 Å². The van der Waals surface area contributed by atoms with E-state index in [2.05, 4.69) is 41.1 Å². The van der Waals surface area contributed by atoms with Crippen LogP contribution in [0.15, 0.2) is 29.6 Å². The zero-order valence-electron chi connectivity index (χ0n) is 17.3. The lowest BCUT2D eigenvalue weighted by Crippen LogP contribution is -2.29. The molecular weight excluding hydrogens is 435 g/mol. The van der Waals surface area contributed by atoms with Gasteiger partial charge in [0.25, 0.3) is 11.8 Å². The van der Waals surface area contributed by atoms with Gasteiger partial charge in [-0.25, -0.2) is 4.98 Å². The van der Waals surface area contributed by atoms with Gasteiger partial charge in [-0.05, 0) is 36.1 Å². The van der Waals surface area contributed by atoms with Gasteiger partial charge in [0.2, 0.25) is 0 Å². The number of aromatic nitrogens is 1. The number of nitrogens with one attached hydrogen (secondary N) is 2. The second-order valence-electron chi connectivity index (χ2n) is 7.78. The van der Waals surface area contributed by atoms with E-state index in [-0.39, 0.29) is 36.0 Å². The largest absolute Gasteiger partial charge is 0.573 e. The monoisotopic (exact) mass is 459 g/mol. The van der Waals surface area contributed by atoms with Crippen molar-refractivity contribution in [1.29, 1.82) is 0 Å². The molecule has 0 saturated heterocycles. The summed E-state index contributed by atoms with van der Waals surface area (Å²) in [6, 6.07) is 4.70. The summed E-state index contributed by atoms with van der Waals surface area (Å²) in [6.07, 6.45) is -3.94. The maximum Gasteiger partial charge on any atom is 0.573 e. The van der Waals surface area contributed by atoms with E-state index in [4.69, 9.17) is 4.74 Å². The molecule has 2 rings (SSSR count). The summed E-state index contributed by atoms with van der Waals surface area (Å²) in [6.45, 7) is 6.61. The number of carbonyl (C=O) groups is 2. The smallest absolute Gasteiger partial charge is 0.484 e. The van der Waals surface area contributed by atoms with Crippen molar-refractivity contribution in [2.75, 3.05) is 13.2 Å². The van der Waals surface area contributed by atoms with Gasteiger partial charge in [0, 0.05) is 11.9 Å². The Kier molecular flexibility index (Phi) is 8.26. The molecule has 0 saturated carbocycles. The van der Waals surface area contributed by atoms with Crippen LogP contribution >= 0.6 is 11.3 Å². The molecule has 0 bridgehead atoms. The second-order valence-corrected chi connectivity index (χ2v) is 8.72. The Bertz CT molecular complexity index is 877. The highest BCUT2D eigenvalue weighted by atomic mass is 32.1. The number of halogens is 3. The van der Waals surface area contributed by atoms with Crippen LogP contribution in [-0.4, -0.2) is 36.3 Å². The molecule has 0 aliphatic heterocycles. The summed E-state index contributed by atoms with van der Waals surface area (Å²) in [5, 5.41) is 7.60. The van der Waals surface area contributed by atoms with Crippen LogP contribution in [0.3, 0.4) is 0 Å². The first-order valence-electron chi connectivity index (χ1n) is 9.39. The number of thiazole rings is 1. The normalized spacial score (nSPS) is 11.7. The molecule has 0 unspecified atom stereocenters. The molecule has 2 N–H and O–H groups in total. The van der Waals surface area contributed by atoms with E-state index in [1.165, 1.54) is 23.5 Å². The van der Waals surface area contributed by atoms with E-state index in [1.54, 1.807) is 5.38 Å². The maximum absolute atomic E-state index is 12.1. The minimum absolute atomic E-state index is 0.117.